The highest BCUT2D eigenvalue weighted by Gasteiger charge is 2.05. The summed E-state index contributed by atoms with van der Waals surface area (Å²) in [6.45, 7) is 2.70. The summed E-state index contributed by atoms with van der Waals surface area (Å²) in [5, 5.41) is 3.33. The van der Waals surface area contributed by atoms with Crippen molar-refractivity contribution < 1.29 is 9.47 Å². The summed E-state index contributed by atoms with van der Waals surface area (Å²) in [5.74, 6) is 2.34. The van der Waals surface area contributed by atoms with E-state index in [0.717, 1.165) is 36.0 Å². The molecule has 0 bridgehead atoms. The van der Waals surface area contributed by atoms with Gasteiger partial charge >= 0.3 is 6.01 Å². The van der Waals surface area contributed by atoms with Gasteiger partial charge in [-0.25, -0.2) is 4.98 Å². The van der Waals surface area contributed by atoms with E-state index in [1.807, 2.05) is 55.5 Å². The quantitative estimate of drug-likeness (QED) is 0.700. The molecular weight excluding hydrogens is 314 g/mol. The zero-order valence-corrected chi connectivity index (χ0v) is 14.4. The molecule has 0 spiro atoms. The van der Waals surface area contributed by atoms with Gasteiger partial charge in [-0.1, -0.05) is 30.3 Å². The molecule has 5 nitrogen and oxygen atoms in total. The number of nitrogens with one attached hydrogen (secondary N) is 1. The van der Waals surface area contributed by atoms with Crippen LogP contribution in [0.1, 0.15) is 11.3 Å². The number of hydrogen-bond acceptors (Lipinski definition) is 5. The van der Waals surface area contributed by atoms with Crippen molar-refractivity contribution in [3.63, 3.8) is 0 Å². The Bertz CT molecular complexity index is 805. The molecule has 0 saturated heterocycles. The number of rotatable bonds is 7. The molecule has 0 radical (unpaired) electrons. The third kappa shape index (κ3) is 4.94. The maximum Gasteiger partial charge on any atom is 0.324 e. The van der Waals surface area contributed by atoms with Gasteiger partial charge in [-0.15, -0.1) is 0 Å². The lowest BCUT2D eigenvalue weighted by Gasteiger charge is -2.09. The van der Waals surface area contributed by atoms with Gasteiger partial charge in [-0.05, 0) is 43.2 Å². The Kier molecular flexibility index (Phi) is 5.46. The molecule has 3 aromatic rings. The number of para-hydroxylation sites is 1. The van der Waals surface area contributed by atoms with Crippen LogP contribution in [-0.2, 0) is 6.42 Å². The van der Waals surface area contributed by atoms with Crippen molar-refractivity contribution in [3.8, 4) is 17.5 Å². The van der Waals surface area contributed by atoms with Crippen molar-refractivity contribution >= 4 is 5.82 Å². The predicted octanol–water partition coefficient (Wildman–Crippen LogP) is 4.24. The van der Waals surface area contributed by atoms with Crippen LogP contribution in [0.25, 0.3) is 0 Å². The summed E-state index contributed by atoms with van der Waals surface area (Å²) < 4.78 is 10.9. The first-order valence-corrected chi connectivity index (χ1v) is 8.18. The average Bonchev–Trinajstić information content (AvgIpc) is 2.63. The predicted molar refractivity (Wildman–Crippen MR) is 98.5 cm³/mol. The van der Waals surface area contributed by atoms with E-state index in [9.17, 15) is 0 Å². The summed E-state index contributed by atoms with van der Waals surface area (Å²) in [5.41, 5.74) is 2.09. The highest BCUT2D eigenvalue weighted by molar-refractivity contribution is 5.38. The fourth-order valence-corrected chi connectivity index (χ4v) is 2.40. The van der Waals surface area contributed by atoms with E-state index in [0.29, 0.717) is 6.01 Å². The average molecular weight is 335 g/mol. The van der Waals surface area contributed by atoms with Crippen LogP contribution in [0, 0.1) is 6.92 Å². The Balaban J connectivity index is 1.60. The molecule has 0 aliphatic heterocycles. The van der Waals surface area contributed by atoms with Crippen LogP contribution < -0.4 is 14.8 Å². The molecule has 3 rings (SSSR count). The number of ether oxygens (including phenoxy) is 2. The van der Waals surface area contributed by atoms with Crippen molar-refractivity contribution in [1.29, 1.82) is 0 Å². The second-order valence-corrected chi connectivity index (χ2v) is 5.62. The molecule has 0 amide bonds. The number of methoxy groups -OCH3 is 1. The zero-order chi connectivity index (χ0) is 17.5. The Morgan fingerprint density at radius 3 is 2.40 bits per heavy atom. The van der Waals surface area contributed by atoms with Gasteiger partial charge in [0.1, 0.15) is 17.3 Å². The Morgan fingerprint density at radius 2 is 1.68 bits per heavy atom. The van der Waals surface area contributed by atoms with Crippen molar-refractivity contribution in [2.45, 2.75) is 13.3 Å². The lowest BCUT2D eigenvalue weighted by atomic mass is 10.1. The highest BCUT2D eigenvalue weighted by Crippen LogP contribution is 2.19. The van der Waals surface area contributed by atoms with Gasteiger partial charge in [0.2, 0.25) is 0 Å². The maximum atomic E-state index is 5.71. The molecule has 0 atom stereocenters. The molecule has 0 aliphatic rings. The van der Waals surface area contributed by atoms with Crippen molar-refractivity contribution in [2.24, 2.45) is 0 Å². The van der Waals surface area contributed by atoms with Crippen LogP contribution in [0.5, 0.6) is 17.5 Å². The van der Waals surface area contributed by atoms with Gasteiger partial charge in [0.25, 0.3) is 0 Å². The minimum atomic E-state index is 0.346. The monoisotopic (exact) mass is 335 g/mol. The van der Waals surface area contributed by atoms with Gasteiger partial charge < -0.3 is 14.8 Å². The molecule has 0 unspecified atom stereocenters. The molecular formula is C20H21N3O2. The van der Waals surface area contributed by atoms with Gasteiger partial charge in [0.05, 0.1) is 7.11 Å². The molecule has 1 N–H and O–H groups in total. The summed E-state index contributed by atoms with van der Waals surface area (Å²) in [7, 11) is 1.67. The van der Waals surface area contributed by atoms with E-state index >= 15 is 0 Å². The Labute approximate surface area is 147 Å². The Hall–Kier alpha value is -3.08. The van der Waals surface area contributed by atoms with E-state index in [1.165, 1.54) is 5.56 Å². The van der Waals surface area contributed by atoms with Crippen LogP contribution in [0.3, 0.4) is 0 Å². The fraction of sp³-hybridized carbons (Fsp3) is 0.200. The first kappa shape index (κ1) is 16.8. The normalized spacial score (nSPS) is 10.3. The molecule has 128 valence electrons. The van der Waals surface area contributed by atoms with E-state index in [-0.39, 0.29) is 0 Å². The van der Waals surface area contributed by atoms with E-state index in [2.05, 4.69) is 27.4 Å². The molecule has 25 heavy (non-hydrogen) atoms. The van der Waals surface area contributed by atoms with E-state index < -0.39 is 0 Å². The van der Waals surface area contributed by atoms with Crippen LogP contribution in [0.4, 0.5) is 5.82 Å². The largest absolute Gasteiger partial charge is 0.497 e. The third-order valence-electron chi connectivity index (χ3n) is 3.66. The maximum absolute atomic E-state index is 5.71. The van der Waals surface area contributed by atoms with Crippen LogP contribution in [-0.4, -0.2) is 23.6 Å². The van der Waals surface area contributed by atoms with Crippen molar-refractivity contribution in [3.05, 3.63) is 71.9 Å². The second-order valence-electron chi connectivity index (χ2n) is 5.62. The van der Waals surface area contributed by atoms with Crippen LogP contribution in [0.2, 0.25) is 0 Å². The highest BCUT2D eigenvalue weighted by atomic mass is 16.5. The molecule has 0 fully saturated rings. The smallest absolute Gasteiger partial charge is 0.324 e. The summed E-state index contributed by atoms with van der Waals surface area (Å²) in [6, 6.07) is 19.8. The molecule has 0 aliphatic carbocycles. The summed E-state index contributed by atoms with van der Waals surface area (Å²) >= 11 is 0. The lowest BCUT2D eigenvalue weighted by molar-refractivity contribution is 0.414. The number of nitrogens with zero attached hydrogens (tertiary/aromatic N) is 2. The van der Waals surface area contributed by atoms with Crippen LogP contribution in [0.15, 0.2) is 60.7 Å². The first-order valence-electron chi connectivity index (χ1n) is 8.18. The number of aromatic nitrogens is 2. The molecule has 5 heteroatoms. The van der Waals surface area contributed by atoms with Gasteiger partial charge in [0.15, 0.2) is 0 Å². The SMILES string of the molecule is COc1ccc(CCNc2cc(C)nc(Oc3ccccc3)n2)cc1. The fourth-order valence-electron chi connectivity index (χ4n) is 2.40. The van der Waals surface area contributed by atoms with E-state index in [4.69, 9.17) is 9.47 Å². The summed E-state index contributed by atoms with van der Waals surface area (Å²) in [6.07, 6.45) is 0.891. The molecule has 1 aromatic heterocycles. The zero-order valence-electron chi connectivity index (χ0n) is 14.4. The van der Waals surface area contributed by atoms with Crippen molar-refractivity contribution in [1.82, 2.24) is 9.97 Å². The molecule has 2 aromatic carbocycles. The Morgan fingerprint density at radius 1 is 0.920 bits per heavy atom. The molecule has 0 saturated carbocycles. The lowest BCUT2D eigenvalue weighted by Crippen LogP contribution is -2.07. The standard InChI is InChI=1S/C20H21N3O2/c1-15-14-19(21-13-12-16-8-10-17(24-2)11-9-16)23-20(22-15)25-18-6-4-3-5-7-18/h3-11,14H,12-13H2,1-2H3,(H,21,22,23). The molecule has 1 heterocycles. The minimum absolute atomic E-state index is 0.346. The first-order chi connectivity index (χ1) is 12.2. The van der Waals surface area contributed by atoms with Gasteiger partial charge in [-0.2, -0.15) is 4.98 Å². The van der Waals surface area contributed by atoms with Crippen LogP contribution >= 0.6 is 0 Å². The number of hydrogen-bond donors (Lipinski definition) is 1. The van der Waals surface area contributed by atoms with Crippen molar-refractivity contribution in [2.75, 3.05) is 19.0 Å². The van der Waals surface area contributed by atoms with Gasteiger partial charge in [0, 0.05) is 18.3 Å². The van der Waals surface area contributed by atoms with E-state index in [1.54, 1.807) is 7.11 Å². The number of benzene rings is 2. The minimum Gasteiger partial charge on any atom is -0.497 e. The second kappa shape index (κ2) is 8.15. The summed E-state index contributed by atoms with van der Waals surface area (Å²) in [4.78, 5) is 8.75. The topological polar surface area (TPSA) is 56.3 Å². The third-order valence-corrected chi connectivity index (χ3v) is 3.66. The number of anilines is 1. The number of aryl methyl sites for hydroxylation is 1. The van der Waals surface area contributed by atoms with Gasteiger partial charge in [-0.3, -0.25) is 0 Å².